The number of hydrogen-bond acceptors (Lipinski definition) is 5. The second-order valence-electron chi connectivity index (χ2n) is 7.54. The molecule has 2 N–H and O–H groups in total. The molecule has 0 fully saturated rings. The summed E-state index contributed by atoms with van der Waals surface area (Å²) in [6, 6.07) is 4.50. The maximum atomic E-state index is 13.3. The first-order valence-electron chi connectivity index (χ1n) is 9.91. The van der Waals surface area contributed by atoms with Gasteiger partial charge in [0.2, 0.25) is 5.89 Å². The van der Waals surface area contributed by atoms with Crippen molar-refractivity contribution in [1.29, 1.82) is 0 Å². The molecule has 0 bridgehead atoms. The van der Waals surface area contributed by atoms with Crippen LogP contribution in [0.5, 0.6) is 0 Å². The highest BCUT2D eigenvalue weighted by molar-refractivity contribution is 6.32. The molecule has 0 aromatic carbocycles. The van der Waals surface area contributed by atoms with Crippen LogP contribution in [0.4, 0.5) is 14.6 Å². The third-order valence-corrected chi connectivity index (χ3v) is 5.32. The van der Waals surface area contributed by atoms with Gasteiger partial charge in [0.15, 0.2) is 11.8 Å². The molecule has 0 spiro atoms. The van der Waals surface area contributed by atoms with Gasteiger partial charge in [-0.25, -0.2) is 18.7 Å². The fourth-order valence-electron chi connectivity index (χ4n) is 3.27. The smallest absolute Gasteiger partial charge is 0.272 e. The van der Waals surface area contributed by atoms with Gasteiger partial charge in [0.05, 0.1) is 22.0 Å². The van der Waals surface area contributed by atoms with Gasteiger partial charge in [-0.15, -0.1) is 0 Å². The van der Waals surface area contributed by atoms with E-state index in [2.05, 4.69) is 19.9 Å². The second kappa shape index (κ2) is 8.66. The number of oxazole rings is 1. The Kier molecular flexibility index (Phi) is 5.92. The summed E-state index contributed by atoms with van der Waals surface area (Å²) in [5.74, 6) is -1.94. The lowest BCUT2D eigenvalue weighted by Crippen LogP contribution is -2.39. The minimum absolute atomic E-state index is 0.172. The number of nitrogens with two attached hydrogens (primary N) is 1. The first-order chi connectivity index (χ1) is 15.2. The summed E-state index contributed by atoms with van der Waals surface area (Å²) >= 11 is 6.47. The summed E-state index contributed by atoms with van der Waals surface area (Å²) in [7, 11) is 0. The summed E-state index contributed by atoms with van der Waals surface area (Å²) in [5.41, 5.74) is 9.12. The van der Waals surface area contributed by atoms with E-state index in [-0.39, 0.29) is 17.3 Å². The molecule has 0 saturated heterocycles. The lowest BCUT2D eigenvalue weighted by atomic mass is 10.0. The monoisotopic (exact) mass is 458 g/mol. The van der Waals surface area contributed by atoms with Crippen molar-refractivity contribution in [2.45, 2.75) is 26.2 Å². The Morgan fingerprint density at radius 2 is 2.09 bits per heavy atom. The molecule has 10 heteroatoms. The lowest BCUT2D eigenvalue weighted by molar-refractivity contribution is 0.0171. The highest BCUT2D eigenvalue weighted by Gasteiger charge is 2.24. The van der Waals surface area contributed by atoms with Crippen molar-refractivity contribution in [2.75, 3.05) is 13.1 Å². The first-order valence-corrected chi connectivity index (χ1v) is 10.3. The molecular weight excluding hydrogens is 438 g/mol. The molecule has 32 heavy (non-hydrogen) atoms. The summed E-state index contributed by atoms with van der Waals surface area (Å²) < 4.78 is 32.0. The van der Waals surface area contributed by atoms with Gasteiger partial charge < -0.3 is 15.1 Å². The fraction of sp³-hybridized carbons (Fsp3) is 0.273. The van der Waals surface area contributed by atoms with E-state index < -0.39 is 5.92 Å². The maximum Gasteiger partial charge on any atom is 0.272 e. The van der Waals surface area contributed by atoms with E-state index in [0.29, 0.717) is 41.7 Å². The summed E-state index contributed by atoms with van der Waals surface area (Å²) in [6.07, 6.45) is 7.02. The summed E-state index contributed by atoms with van der Waals surface area (Å²) in [4.78, 5) is 18.9. The Bertz CT molecular complexity index is 1180. The van der Waals surface area contributed by atoms with Crippen molar-refractivity contribution in [3.8, 4) is 11.5 Å². The highest BCUT2D eigenvalue weighted by atomic mass is 35.5. The van der Waals surface area contributed by atoms with Gasteiger partial charge in [0.1, 0.15) is 6.26 Å². The van der Waals surface area contributed by atoms with Crippen molar-refractivity contribution < 1.29 is 13.2 Å². The first kappa shape index (κ1) is 21.9. The fourth-order valence-corrected chi connectivity index (χ4v) is 3.56. The van der Waals surface area contributed by atoms with Crippen LogP contribution in [-0.4, -0.2) is 38.9 Å². The quantitative estimate of drug-likeness (QED) is 0.439. The largest absolute Gasteiger partial charge is 0.444 e. The zero-order valence-corrected chi connectivity index (χ0v) is 18.3. The molecule has 166 valence electrons. The third-order valence-electron chi connectivity index (χ3n) is 5.03. The molecule has 0 atom stereocenters. The van der Waals surface area contributed by atoms with Crippen molar-refractivity contribution in [2.24, 2.45) is 10.7 Å². The number of aliphatic imine (C=N–C) groups is 1. The molecular formula is C22H21ClF2N6O. The Balaban J connectivity index is 1.46. The number of pyridine rings is 2. The maximum absolute atomic E-state index is 13.3. The van der Waals surface area contributed by atoms with E-state index in [1.165, 1.54) is 12.1 Å². The number of aryl methyl sites for hydroxylation is 1. The van der Waals surface area contributed by atoms with E-state index in [1.54, 1.807) is 18.5 Å². The van der Waals surface area contributed by atoms with Crippen molar-refractivity contribution in [3.63, 3.8) is 0 Å². The third kappa shape index (κ3) is 4.77. The molecule has 7 nitrogen and oxygen atoms in total. The van der Waals surface area contributed by atoms with Crippen LogP contribution >= 0.6 is 11.6 Å². The highest BCUT2D eigenvalue weighted by Crippen LogP contribution is 2.30. The van der Waals surface area contributed by atoms with Crippen LogP contribution in [-0.2, 0) is 5.92 Å². The lowest BCUT2D eigenvalue weighted by Gasteiger charge is -2.27. The summed E-state index contributed by atoms with van der Waals surface area (Å²) in [6.45, 7) is 3.78. The van der Waals surface area contributed by atoms with E-state index in [0.717, 1.165) is 24.4 Å². The van der Waals surface area contributed by atoms with Gasteiger partial charge in [-0.3, -0.25) is 4.98 Å². The Hall–Kier alpha value is -3.33. The number of halogens is 3. The van der Waals surface area contributed by atoms with Gasteiger partial charge >= 0.3 is 0 Å². The van der Waals surface area contributed by atoms with Crippen LogP contribution in [0.25, 0.3) is 17.0 Å². The molecule has 0 amide bonds. The van der Waals surface area contributed by atoms with Crippen molar-refractivity contribution in [3.05, 3.63) is 64.9 Å². The van der Waals surface area contributed by atoms with Crippen molar-refractivity contribution >= 4 is 29.0 Å². The van der Waals surface area contributed by atoms with Gasteiger partial charge in [-0.05, 0) is 37.1 Å². The number of nitrogens with zero attached hydrogens (tertiary/aromatic N) is 5. The van der Waals surface area contributed by atoms with Gasteiger partial charge in [-0.2, -0.15) is 4.99 Å². The summed E-state index contributed by atoms with van der Waals surface area (Å²) in [5, 5.41) is 0.511. The zero-order valence-electron chi connectivity index (χ0n) is 17.5. The van der Waals surface area contributed by atoms with Crippen LogP contribution in [0, 0.1) is 6.92 Å². The van der Waals surface area contributed by atoms with Crippen LogP contribution in [0.15, 0.2) is 52.3 Å². The van der Waals surface area contributed by atoms with E-state index >= 15 is 0 Å². The minimum Gasteiger partial charge on any atom is -0.444 e. The van der Waals surface area contributed by atoms with Crippen LogP contribution in [0.1, 0.15) is 30.3 Å². The standard InChI is InChI=1S/C22H21ClF2N6O/c1-13-12-32-20(29-13)15-9-17(23)19(28-10-15)14-5-7-31(8-6-14)21(26)30-18-4-3-16(11-27-18)22(2,24)25/h3-5,9-12H,6-8H2,1-2H3,(H2,26,27,30). The molecule has 3 aromatic rings. The minimum atomic E-state index is -2.95. The van der Waals surface area contributed by atoms with E-state index in [4.69, 9.17) is 21.8 Å². The molecule has 4 rings (SSSR count). The van der Waals surface area contributed by atoms with Crippen LogP contribution in [0.3, 0.4) is 0 Å². The number of hydrogen-bond donors (Lipinski definition) is 1. The van der Waals surface area contributed by atoms with E-state index in [9.17, 15) is 8.78 Å². The molecule has 3 aromatic heterocycles. The SMILES string of the molecule is Cc1coc(-c2cnc(C3=CCN(C(N)=Nc4ccc(C(C)(F)F)cn4)CC3)c(Cl)c2)n1. The van der Waals surface area contributed by atoms with Gasteiger partial charge in [-0.1, -0.05) is 17.7 Å². The number of alkyl halides is 2. The molecule has 4 heterocycles. The zero-order chi connectivity index (χ0) is 22.9. The molecule has 0 aliphatic carbocycles. The Morgan fingerprint density at radius 1 is 1.28 bits per heavy atom. The molecule has 0 radical (unpaired) electrons. The number of aromatic nitrogens is 3. The number of guanidine groups is 1. The second-order valence-corrected chi connectivity index (χ2v) is 7.94. The number of rotatable bonds is 4. The predicted octanol–water partition coefficient (Wildman–Crippen LogP) is 4.94. The predicted molar refractivity (Wildman–Crippen MR) is 119 cm³/mol. The van der Waals surface area contributed by atoms with Crippen LogP contribution < -0.4 is 5.73 Å². The topological polar surface area (TPSA) is 93.4 Å². The van der Waals surface area contributed by atoms with Crippen LogP contribution in [0.2, 0.25) is 5.02 Å². The Labute approximate surface area is 188 Å². The molecule has 0 unspecified atom stereocenters. The molecule has 1 aliphatic heterocycles. The van der Waals surface area contributed by atoms with Gasteiger partial charge in [0, 0.05) is 38.0 Å². The molecule has 0 saturated carbocycles. The Morgan fingerprint density at radius 3 is 2.66 bits per heavy atom. The van der Waals surface area contributed by atoms with Crippen molar-refractivity contribution in [1.82, 2.24) is 19.9 Å². The average Bonchev–Trinajstić information content (AvgIpc) is 3.20. The normalized spacial score (nSPS) is 15.1. The van der Waals surface area contributed by atoms with E-state index in [1.807, 2.05) is 17.9 Å². The average molecular weight is 459 g/mol. The molecule has 1 aliphatic rings. The van der Waals surface area contributed by atoms with Gasteiger partial charge in [0.25, 0.3) is 5.92 Å².